The highest BCUT2D eigenvalue weighted by atomic mass is 32.3. The third-order valence-electron chi connectivity index (χ3n) is 17.6. The lowest BCUT2D eigenvalue weighted by Gasteiger charge is -2.43. The predicted octanol–water partition coefficient (Wildman–Crippen LogP) is 21.3. The zero-order valence-corrected chi connectivity index (χ0v) is 50.1. The molecule has 0 saturated carbocycles. The van der Waals surface area contributed by atoms with Gasteiger partial charge in [-0.3, -0.25) is 9.13 Å². The van der Waals surface area contributed by atoms with Gasteiger partial charge in [0.1, 0.15) is 5.52 Å². The topological polar surface area (TPSA) is 53.5 Å². The second-order valence-electron chi connectivity index (χ2n) is 22.4. The molecule has 0 bridgehead atoms. The van der Waals surface area contributed by atoms with Gasteiger partial charge < -0.3 is 4.57 Å². The van der Waals surface area contributed by atoms with Gasteiger partial charge in [0.15, 0.2) is 5.82 Å². The minimum Gasteiger partial charge on any atom is -0.309 e. The highest BCUT2D eigenvalue weighted by Gasteiger charge is 2.37. The lowest BCUT2D eigenvalue weighted by atomic mass is 10.1. The lowest BCUT2D eigenvalue weighted by Crippen LogP contribution is -2.11. The van der Waals surface area contributed by atoms with Gasteiger partial charge in [0, 0.05) is 77.8 Å². The second-order valence-corrected chi connectivity index (χ2v) is 28.7. The van der Waals surface area contributed by atoms with Gasteiger partial charge in [0.2, 0.25) is 11.9 Å². The Hall–Kier alpha value is -11.0. The van der Waals surface area contributed by atoms with Gasteiger partial charge in [-0.05, 0) is 151 Å². The van der Waals surface area contributed by atoms with Crippen LogP contribution in [0.1, 0.15) is 12.8 Å². The molecule has 0 fully saturated rings. The Bertz CT molecular complexity index is 5290. The Labute approximate surface area is 519 Å². The first-order chi connectivity index (χ1) is 44.2. The van der Waals surface area contributed by atoms with E-state index in [0.717, 1.165) is 94.4 Å². The van der Waals surface area contributed by atoms with Crippen molar-refractivity contribution in [3.05, 3.63) is 333 Å². The van der Waals surface area contributed by atoms with E-state index in [9.17, 15) is 0 Å². The van der Waals surface area contributed by atoms with E-state index in [-0.39, 0.29) is 0 Å². The Morgan fingerprint density at radius 3 is 1.48 bits per heavy atom. The van der Waals surface area contributed by atoms with Crippen LogP contribution >= 0.6 is 20.1 Å². The van der Waals surface area contributed by atoms with Crippen LogP contribution in [0.4, 0.5) is 0 Å². The Kier molecular flexibility index (Phi) is 12.6. The van der Waals surface area contributed by atoms with E-state index in [4.69, 9.17) is 15.0 Å². The number of benzene rings is 11. The number of hydrogen-bond donors (Lipinski definition) is 0. The van der Waals surface area contributed by atoms with Gasteiger partial charge in [0.25, 0.3) is 0 Å². The molecule has 17 rings (SSSR count). The first-order valence-electron chi connectivity index (χ1n) is 30.2. The van der Waals surface area contributed by atoms with E-state index in [1.165, 1.54) is 34.3 Å². The van der Waals surface area contributed by atoms with Gasteiger partial charge in [-0.2, -0.15) is 15.0 Å². The molecule has 0 N–H and O–H groups in total. The number of aromatic nitrogens is 6. The maximum atomic E-state index is 5.86. The Morgan fingerprint density at radius 1 is 0.348 bits per heavy atom. The number of hydrogen-bond acceptors (Lipinski definition) is 3. The summed E-state index contributed by atoms with van der Waals surface area (Å²) in [5.74, 6) is 1.50. The summed E-state index contributed by atoms with van der Waals surface area (Å²) in [4.78, 5) is 27.4. The molecular weight excluding hydrogens is 1120 g/mol. The summed E-state index contributed by atoms with van der Waals surface area (Å²) in [5, 5.41) is 6.51. The Morgan fingerprint density at radius 2 is 0.865 bits per heavy atom. The van der Waals surface area contributed by atoms with Gasteiger partial charge in [-0.25, -0.2) is 0 Å². The van der Waals surface area contributed by atoms with Crippen molar-refractivity contribution in [3.63, 3.8) is 0 Å². The third kappa shape index (κ3) is 8.20. The highest BCUT2D eigenvalue weighted by molar-refractivity contribution is 8.37. The fourth-order valence-corrected chi connectivity index (χ4v) is 21.8. The molecule has 16 aromatic rings. The van der Waals surface area contributed by atoms with Crippen LogP contribution in [0.25, 0.3) is 94.4 Å². The fourth-order valence-electron chi connectivity index (χ4n) is 13.9. The van der Waals surface area contributed by atoms with Gasteiger partial charge in [-0.15, -0.1) is 20.1 Å². The number of nitrogens with zero attached hydrogens (tertiary/aromatic N) is 6. The lowest BCUT2D eigenvalue weighted by molar-refractivity contribution is 0.893. The molecular formula is C81H56N6S2. The molecule has 0 radical (unpaired) electrons. The van der Waals surface area contributed by atoms with Crippen LogP contribution in [0, 0.1) is 12.1 Å². The van der Waals surface area contributed by atoms with Crippen LogP contribution in [-0.2, 0) is 0 Å². The van der Waals surface area contributed by atoms with Crippen molar-refractivity contribution >= 4 is 85.5 Å². The summed E-state index contributed by atoms with van der Waals surface area (Å²) < 4.78 is 6.91. The maximum Gasteiger partial charge on any atom is 0.240 e. The van der Waals surface area contributed by atoms with Crippen molar-refractivity contribution < 1.29 is 0 Å². The molecule has 4 aromatic heterocycles. The van der Waals surface area contributed by atoms with Crippen LogP contribution in [0.5, 0.6) is 0 Å². The van der Waals surface area contributed by atoms with Crippen molar-refractivity contribution in [2.45, 2.75) is 47.1 Å². The summed E-state index contributed by atoms with van der Waals surface area (Å²) in [7, 11) is -4.16. The van der Waals surface area contributed by atoms with Crippen LogP contribution < -0.4 is 0 Å². The van der Waals surface area contributed by atoms with Gasteiger partial charge in [-0.1, -0.05) is 194 Å². The van der Waals surface area contributed by atoms with Crippen molar-refractivity contribution in [2.24, 2.45) is 0 Å². The van der Waals surface area contributed by atoms with Crippen LogP contribution in [0.2, 0.25) is 0 Å². The average molecular weight is 1180 g/mol. The SMILES string of the molecule is c1ccc2c3ccc4c(c5ccccc5n4-c4ccccc4)c3n(-c3nc(-c4cccc(S(c5ccccc5)(c5ccccc5)c5ccccc5)c4)nc(-n4c5ccccc5c5ccc(S(C6=CCCC=C6)(c6ccccc6)c6ccccc6)cc54)n3)c2c#1. The van der Waals surface area contributed by atoms with Crippen molar-refractivity contribution in [1.29, 1.82) is 0 Å². The average Bonchev–Trinajstić information content (AvgIpc) is 1.66. The normalized spacial score (nSPS) is 13.1. The number of fused-ring (bicyclic) bond motifs is 10. The number of para-hydroxylation sites is 3. The Balaban J connectivity index is 0.998. The molecule has 0 unspecified atom stereocenters. The smallest absolute Gasteiger partial charge is 0.240 e. The van der Waals surface area contributed by atoms with Gasteiger partial charge in [0.05, 0.1) is 27.6 Å². The second kappa shape index (κ2) is 21.5. The van der Waals surface area contributed by atoms with Crippen LogP contribution in [-0.4, -0.2) is 28.7 Å². The van der Waals surface area contributed by atoms with Crippen molar-refractivity contribution in [2.75, 3.05) is 0 Å². The van der Waals surface area contributed by atoms with E-state index in [0.29, 0.717) is 17.7 Å². The molecule has 0 spiro atoms. The molecule has 422 valence electrons. The minimum absolute atomic E-state index is 0.469. The standard InChI is InChI=1S/C81H56N6S2/c1-8-30-58(31-9-1)85-74-50-27-24-47-71(74)77-75(85)54-53-70-68-46-23-26-49-73(68)87(78(70)77)81-83-79(57-29-28-44-65(55-57)88(59-32-10-2-11-33-59,60-34-12-3-13-35-60)61-36-14-4-15-37-61)82-80(84-81)86-72-48-25-22-45-67(72)69-52-51-66(56-76(69)86)89(62-38-16-5-17-39-62,63-40-18-6-19-41-63)64-42-20-7-21-43-64/h1-6,8-20,22-25,27-48,50-56H,7,21H2. The quantitative estimate of drug-likeness (QED) is 0.122. The third-order valence-corrected chi connectivity index (χ3v) is 25.4. The summed E-state index contributed by atoms with van der Waals surface area (Å²) in [6.07, 6.45) is 9.20. The summed E-state index contributed by atoms with van der Waals surface area (Å²) in [6.45, 7) is 0. The first-order valence-corrected chi connectivity index (χ1v) is 33.5. The van der Waals surface area contributed by atoms with E-state index in [2.05, 4.69) is 335 Å². The summed E-state index contributed by atoms with van der Waals surface area (Å²) in [5.41, 5.74) is 7.91. The van der Waals surface area contributed by atoms with E-state index < -0.39 is 20.1 Å². The van der Waals surface area contributed by atoms with Crippen molar-refractivity contribution in [1.82, 2.24) is 28.7 Å². The van der Waals surface area contributed by atoms with Crippen LogP contribution in [0.15, 0.2) is 355 Å². The predicted molar refractivity (Wildman–Crippen MR) is 368 cm³/mol. The van der Waals surface area contributed by atoms with Crippen LogP contribution in [0.3, 0.4) is 0 Å². The molecule has 4 heterocycles. The molecule has 8 heteroatoms. The van der Waals surface area contributed by atoms with Gasteiger partial charge >= 0.3 is 0 Å². The molecule has 1 aliphatic carbocycles. The maximum absolute atomic E-state index is 5.86. The van der Waals surface area contributed by atoms with E-state index >= 15 is 0 Å². The fraction of sp³-hybridized carbons (Fsp3) is 0.0247. The minimum atomic E-state index is -2.10. The molecule has 0 saturated heterocycles. The highest BCUT2D eigenvalue weighted by Crippen LogP contribution is 2.75. The molecule has 6 nitrogen and oxygen atoms in total. The first kappa shape index (κ1) is 52.4. The molecule has 0 atom stereocenters. The van der Waals surface area contributed by atoms with E-state index in [1.807, 2.05) is 6.07 Å². The zero-order chi connectivity index (χ0) is 58.9. The van der Waals surface area contributed by atoms with E-state index in [1.54, 1.807) is 0 Å². The molecule has 0 aliphatic heterocycles. The molecule has 12 aromatic carbocycles. The monoisotopic (exact) mass is 1180 g/mol. The number of allylic oxidation sites excluding steroid dienone is 3. The summed E-state index contributed by atoms with van der Waals surface area (Å²) in [6, 6.07) is 115. The summed E-state index contributed by atoms with van der Waals surface area (Å²) >= 11 is 0. The number of rotatable bonds is 12. The van der Waals surface area contributed by atoms with Crippen molar-refractivity contribution in [3.8, 4) is 29.0 Å². The largest absolute Gasteiger partial charge is 0.309 e. The molecule has 0 amide bonds. The zero-order valence-electron chi connectivity index (χ0n) is 48.4. The molecule has 1 aliphatic rings. The molecule has 89 heavy (non-hydrogen) atoms.